The molecule has 1 rings (SSSR count). The summed E-state index contributed by atoms with van der Waals surface area (Å²) < 4.78 is 0. The fourth-order valence-electron chi connectivity index (χ4n) is 2.28. The number of likely N-dealkylation sites (tertiary alicyclic amines) is 1. The van der Waals surface area contributed by atoms with Gasteiger partial charge in [-0.2, -0.15) is 0 Å². The maximum Gasteiger partial charge on any atom is 0.237 e. The van der Waals surface area contributed by atoms with Crippen molar-refractivity contribution >= 4 is 5.91 Å². The molecule has 0 bridgehead atoms. The molecule has 1 aliphatic heterocycles. The highest BCUT2D eigenvalue weighted by molar-refractivity contribution is 5.81. The van der Waals surface area contributed by atoms with Gasteiger partial charge in [-0.25, -0.2) is 0 Å². The molecular weight excluding hydrogens is 214 g/mol. The number of carbonyl (C=O) groups is 1. The van der Waals surface area contributed by atoms with E-state index in [0.717, 1.165) is 32.5 Å². The first kappa shape index (κ1) is 14.5. The molecule has 4 heteroatoms. The molecule has 17 heavy (non-hydrogen) atoms. The summed E-state index contributed by atoms with van der Waals surface area (Å²) in [5.41, 5.74) is 5.42. The van der Waals surface area contributed by atoms with Crippen LogP contribution in [-0.2, 0) is 4.79 Å². The Morgan fingerprint density at radius 3 is 2.47 bits per heavy atom. The van der Waals surface area contributed by atoms with Crippen LogP contribution in [0.4, 0.5) is 0 Å². The van der Waals surface area contributed by atoms with Gasteiger partial charge in [0.15, 0.2) is 0 Å². The summed E-state index contributed by atoms with van der Waals surface area (Å²) in [7, 11) is 0. The summed E-state index contributed by atoms with van der Waals surface area (Å²) in [6, 6.07) is 0.0194. The monoisotopic (exact) mass is 241 g/mol. The molecule has 0 radical (unpaired) electrons. The molecule has 4 nitrogen and oxygen atoms in total. The highest BCUT2D eigenvalue weighted by atomic mass is 16.2. The number of nitrogens with two attached hydrogens (primary N) is 1. The molecule has 1 amide bonds. The Hall–Kier alpha value is -0.610. The Bertz CT molecular complexity index is 213. The van der Waals surface area contributed by atoms with Gasteiger partial charge >= 0.3 is 0 Å². The van der Waals surface area contributed by atoms with Gasteiger partial charge in [-0.3, -0.25) is 9.69 Å². The van der Waals surface area contributed by atoms with Crippen LogP contribution in [0.2, 0.25) is 0 Å². The number of amides is 1. The number of nitrogens with zero attached hydrogens (tertiary/aromatic N) is 1. The molecule has 1 fully saturated rings. The van der Waals surface area contributed by atoms with Gasteiger partial charge in [-0.05, 0) is 52.2 Å². The predicted octanol–water partition coefficient (Wildman–Crippen LogP) is 1.11. The Morgan fingerprint density at radius 1 is 1.24 bits per heavy atom. The van der Waals surface area contributed by atoms with Crippen molar-refractivity contribution in [1.29, 1.82) is 0 Å². The summed E-state index contributed by atoms with van der Waals surface area (Å²) in [5, 5.41) is 3.00. The van der Waals surface area contributed by atoms with Crippen LogP contribution in [0, 0.1) is 0 Å². The van der Waals surface area contributed by atoms with Crippen LogP contribution >= 0.6 is 0 Å². The molecule has 1 saturated heterocycles. The Kier molecular flexibility index (Phi) is 7.21. The van der Waals surface area contributed by atoms with E-state index in [-0.39, 0.29) is 11.9 Å². The van der Waals surface area contributed by atoms with Crippen LogP contribution in [-0.4, -0.2) is 43.0 Å². The van der Waals surface area contributed by atoms with E-state index in [2.05, 4.69) is 10.2 Å². The second-order valence-electron chi connectivity index (χ2n) is 4.91. The molecule has 3 N–H and O–H groups in total. The van der Waals surface area contributed by atoms with Crippen molar-refractivity contribution < 1.29 is 4.79 Å². The molecule has 0 aromatic rings. The molecule has 100 valence electrons. The lowest BCUT2D eigenvalue weighted by molar-refractivity contribution is -0.125. The fraction of sp³-hybridized carbons (Fsp3) is 0.923. The fourth-order valence-corrected chi connectivity index (χ4v) is 2.28. The molecule has 1 atom stereocenters. The van der Waals surface area contributed by atoms with E-state index in [1.807, 2.05) is 6.92 Å². The third kappa shape index (κ3) is 5.50. The Labute approximate surface area is 105 Å². The molecule has 1 unspecified atom stereocenters. The van der Waals surface area contributed by atoms with Crippen molar-refractivity contribution in [3.63, 3.8) is 0 Å². The first-order valence-electron chi connectivity index (χ1n) is 6.97. The van der Waals surface area contributed by atoms with E-state index < -0.39 is 0 Å². The van der Waals surface area contributed by atoms with E-state index >= 15 is 0 Å². The molecule has 1 heterocycles. The minimum absolute atomic E-state index is 0.0194. The average molecular weight is 241 g/mol. The van der Waals surface area contributed by atoms with Crippen molar-refractivity contribution in [1.82, 2.24) is 10.2 Å². The summed E-state index contributed by atoms with van der Waals surface area (Å²) >= 11 is 0. The standard InChI is InChI=1S/C13H27N3O/c1-12(13(17)15-9-5-4-8-14)16-10-6-2-3-7-11-16/h12H,2-11,14H2,1H3,(H,15,17). The van der Waals surface area contributed by atoms with Crippen LogP contribution < -0.4 is 11.1 Å². The van der Waals surface area contributed by atoms with Crippen LogP contribution in [0.15, 0.2) is 0 Å². The normalized spacial score (nSPS) is 19.6. The van der Waals surface area contributed by atoms with E-state index in [1.54, 1.807) is 0 Å². The SMILES string of the molecule is CC(C(=O)NCCCCN)N1CCCCCC1. The minimum atomic E-state index is 0.0194. The molecule has 0 aromatic heterocycles. The average Bonchev–Trinajstić information content (AvgIpc) is 2.62. The summed E-state index contributed by atoms with van der Waals surface area (Å²) in [5.74, 6) is 0.170. The van der Waals surface area contributed by atoms with Gasteiger partial charge in [0.25, 0.3) is 0 Å². The zero-order valence-corrected chi connectivity index (χ0v) is 11.1. The highest BCUT2D eigenvalue weighted by Gasteiger charge is 2.21. The van der Waals surface area contributed by atoms with Crippen LogP contribution in [0.25, 0.3) is 0 Å². The summed E-state index contributed by atoms with van der Waals surface area (Å²) in [6.07, 6.45) is 7.03. The first-order valence-corrected chi connectivity index (χ1v) is 6.97. The van der Waals surface area contributed by atoms with E-state index in [9.17, 15) is 4.79 Å². The maximum atomic E-state index is 11.9. The van der Waals surface area contributed by atoms with Gasteiger partial charge in [0.2, 0.25) is 5.91 Å². The Balaban J connectivity index is 2.24. The van der Waals surface area contributed by atoms with Crippen LogP contribution in [0.3, 0.4) is 0 Å². The van der Waals surface area contributed by atoms with Crippen LogP contribution in [0.5, 0.6) is 0 Å². The molecule has 0 saturated carbocycles. The van der Waals surface area contributed by atoms with Crippen molar-refractivity contribution in [3.05, 3.63) is 0 Å². The molecule has 0 spiro atoms. The smallest absolute Gasteiger partial charge is 0.237 e. The predicted molar refractivity (Wildman–Crippen MR) is 70.8 cm³/mol. The largest absolute Gasteiger partial charge is 0.355 e. The van der Waals surface area contributed by atoms with Gasteiger partial charge in [0.1, 0.15) is 0 Å². The van der Waals surface area contributed by atoms with E-state index in [0.29, 0.717) is 6.54 Å². The third-order valence-corrected chi connectivity index (χ3v) is 3.50. The van der Waals surface area contributed by atoms with Crippen LogP contribution in [0.1, 0.15) is 45.4 Å². The third-order valence-electron chi connectivity index (χ3n) is 3.50. The Morgan fingerprint density at radius 2 is 1.88 bits per heavy atom. The van der Waals surface area contributed by atoms with Crippen molar-refractivity contribution in [3.8, 4) is 0 Å². The summed E-state index contributed by atoms with van der Waals surface area (Å²) in [6.45, 7) is 5.62. The van der Waals surface area contributed by atoms with Gasteiger partial charge in [-0.1, -0.05) is 12.8 Å². The van der Waals surface area contributed by atoms with Gasteiger partial charge in [0, 0.05) is 6.54 Å². The molecule has 1 aliphatic rings. The lowest BCUT2D eigenvalue weighted by atomic mass is 10.2. The van der Waals surface area contributed by atoms with Gasteiger partial charge < -0.3 is 11.1 Å². The van der Waals surface area contributed by atoms with Crippen molar-refractivity contribution in [2.75, 3.05) is 26.2 Å². The lowest BCUT2D eigenvalue weighted by Crippen LogP contribution is -2.45. The second kappa shape index (κ2) is 8.48. The number of nitrogens with one attached hydrogen (secondary N) is 1. The van der Waals surface area contributed by atoms with Crippen molar-refractivity contribution in [2.45, 2.75) is 51.5 Å². The molecule has 0 aromatic carbocycles. The zero-order valence-electron chi connectivity index (χ0n) is 11.1. The maximum absolute atomic E-state index is 11.9. The lowest BCUT2D eigenvalue weighted by Gasteiger charge is -2.26. The number of hydrogen-bond acceptors (Lipinski definition) is 3. The second-order valence-corrected chi connectivity index (χ2v) is 4.91. The number of unbranched alkanes of at least 4 members (excludes halogenated alkanes) is 1. The number of carbonyl (C=O) groups excluding carboxylic acids is 1. The number of hydrogen-bond donors (Lipinski definition) is 2. The quantitative estimate of drug-likeness (QED) is 0.685. The van der Waals surface area contributed by atoms with E-state index in [1.165, 1.54) is 25.7 Å². The molecular formula is C13H27N3O. The zero-order chi connectivity index (χ0) is 12.5. The minimum Gasteiger partial charge on any atom is -0.355 e. The van der Waals surface area contributed by atoms with Gasteiger partial charge in [0.05, 0.1) is 6.04 Å². The van der Waals surface area contributed by atoms with Gasteiger partial charge in [-0.15, -0.1) is 0 Å². The number of rotatable bonds is 6. The van der Waals surface area contributed by atoms with Crippen molar-refractivity contribution in [2.24, 2.45) is 5.73 Å². The molecule has 0 aliphatic carbocycles. The summed E-state index contributed by atoms with van der Waals surface area (Å²) in [4.78, 5) is 14.2. The van der Waals surface area contributed by atoms with E-state index in [4.69, 9.17) is 5.73 Å². The highest BCUT2D eigenvalue weighted by Crippen LogP contribution is 2.12. The topological polar surface area (TPSA) is 58.4 Å². The first-order chi connectivity index (χ1) is 8.25.